The highest BCUT2D eigenvalue weighted by Gasteiger charge is 2.33. The second-order valence-electron chi connectivity index (χ2n) is 3.79. The zero-order chi connectivity index (χ0) is 13.3. The molecule has 5 heteroatoms. The van der Waals surface area contributed by atoms with E-state index in [0.29, 0.717) is 17.4 Å². The van der Waals surface area contributed by atoms with Crippen LogP contribution in [0.1, 0.15) is 12.5 Å². The van der Waals surface area contributed by atoms with Gasteiger partial charge >= 0.3 is 6.36 Å². The molecule has 2 rings (SSSR count). The monoisotopic (exact) mass is 258 g/mol. The van der Waals surface area contributed by atoms with E-state index in [9.17, 15) is 17.6 Å². The van der Waals surface area contributed by atoms with Crippen LogP contribution in [0, 0.1) is 5.82 Å². The molecule has 0 aliphatic rings. The molecule has 2 aromatic carbocycles. The standard InChI is InChI=1S/C13H10F4O/c1-2-8-4-3-5-9-6-7-10(14)12(11(8)9)18-13(15,16)17/h3-7H,2H2,1H3. The summed E-state index contributed by atoms with van der Waals surface area (Å²) in [6.45, 7) is 1.79. The molecule has 0 heterocycles. The second-order valence-corrected chi connectivity index (χ2v) is 3.79. The van der Waals surface area contributed by atoms with Crippen LogP contribution < -0.4 is 4.74 Å². The van der Waals surface area contributed by atoms with Gasteiger partial charge in [-0.2, -0.15) is 0 Å². The van der Waals surface area contributed by atoms with Crippen molar-refractivity contribution in [2.75, 3.05) is 0 Å². The highest BCUT2D eigenvalue weighted by atomic mass is 19.4. The van der Waals surface area contributed by atoms with Gasteiger partial charge in [0.2, 0.25) is 0 Å². The van der Waals surface area contributed by atoms with E-state index >= 15 is 0 Å². The summed E-state index contributed by atoms with van der Waals surface area (Å²) < 4.78 is 54.2. The largest absolute Gasteiger partial charge is 0.573 e. The molecular formula is C13H10F4O. The number of fused-ring (bicyclic) bond motifs is 1. The predicted molar refractivity (Wildman–Crippen MR) is 60.0 cm³/mol. The van der Waals surface area contributed by atoms with E-state index in [-0.39, 0.29) is 5.39 Å². The lowest BCUT2D eigenvalue weighted by molar-refractivity contribution is -0.275. The molecule has 2 aromatic rings. The Kier molecular flexibility index (Phi) is 3.15. The average Bonchev–Trinajstić information content (AvgIpc) is 2.30. The summed E-state index contributed by atoms with van der Waals surface area (Å²) in [7, 11) is 0. The number of hydrogen-bond acceptors (Lipinski definition) is 1. The third-order valence-corrected chi connectivity index (χ3v) is 2.63. The van der Waals surface area contributed by atoms with Crippen LogP contribution in [-0.2, 0) is 6.42 Å². The Morgan fingerprint density at radius 1 is 1.11 bits per heavy atom. The Bertz CT molecular complexity index is 575. The molecule has 0 N–H and O–H groups in total. The van der Waals surface area contributed by atoms with Gasteiger partial charge in [0.1, 0.15) is 0 Å². The molecule has 0 atom stereocenters. The summed E-state index contributed by atoms with van der Waals surface area (Å²) in [5.41, 5.74) is 0.617. The Morgan fingerprint density at radius 3 is 2.44 bits per heavy atom. The van der Waals surface area contributed by atoms with Crippen LogP contribution in [0.25, 0.3) is 10.8 Å². The minimum absolute atomic E-state index is 0.178. The van der Waals surface area contributed by atoms with E-state index in [1.54, 1.807) is 25.1 Å². The first-order valence-electron chi connectivity index (χ1n) is 5.38. The molecule has 96 valence electrons. The van der Waals surface area contributed by atoms with Gasteiger partial charge in [-0.15, -0.1) is 13.2 Å². The third-order valence-electron chi connectivity index (χ3n) is 2.63. The lowest BCUT2D eigenvalue weighted by Gasteiger charge is -2.14. The van der Waals surface area contributed by atoms with Crippen molar-refractivity contribution in [2.45, 2.75) is 19.7 Å². The van der Waals surface area contributed by atoms with Crippen LogP contribution in [0.5, 0.6) is 5.75 Å². The molecule has 0 aliphatic carbocycles. The smallest absolute Gasteiger partial charge is 0.402 e. The van der Waals surface area contributed by atoms with Gasteiger partial charge < -0.3 is 4.74 Å². The van der Waals surface area contributed by atoms with Gasteiger partial charge in [0.15, 0.2) is 11.6 Å². The van der Waals surface area contributed by atoms with E-state index in [4.69, 9.17) is 0 Å². The molecule has 0 amide bonds. The number of benzene rings is 2. The first-order valence-corrected chi connectivity index (χ1v) is 5.38. The molecule has 0 aliphatic heterocycles. The van der Waals surface area contributed by atoms with Crippen LogP contribution >= 0.6 is 0 Å². The minimum Gasteiger partial charge on any atom is -0.402 e. The lowest BCUT2D eigenvalue weighted by Crippen LogP contribution is -2.18. The number of hydrogen-bond donors (Lipinski definition) is 0. The van der Waals surface area contributed by atoms with Crippen LogP contribution in [0.4, 0.5) is 17.6 Å². The predicted octanol–water partition coefficient (Wildman–Crippen LogP) is 4.44. The number of rotatable bonds is 2. The first-order chi connectivity index (χ1) is 8.42. The van der Waals surface area contributed by atoms with Crippen LogP contribution in [-0.4, -0.2) is 6.36 Å². The van der Waals surface area contributed by atoms with Crippen molar-refractivity contribution in [1.82, 2.24) is 0 Å². The van der Waals surface area contributed by atoms with Gasteiger partial charge in [-0.1, -0.05) is 31.2 Å². The summed E-state index contributed by atoms with van der Waals surface area (Å²) in [5.74, 6) is -1.77. The summed E-state index contributed by atoms with van der Waals surface area (Å²) in [6, 6.07) is 7.41. The van der Waals surface area contributed by atoms with Gasteiger partial charge in [0, 0.05) is 5.39 Å². The molecule has 0 bridgehead atoms. The van der Waals surface area contributed by atoms with Gasteiger partial charge in [-0.05, 0) is 23.4 Å². The van der Waals surface area contributed by atoms with Crippen molar-refractivity contribution in [1.29, 1.82) is 0 Å². The summed E-state index contributed by atoms with van der Waals surface area (Å²) in [5, 5.41) is 0.701. The molecule has 0 aromatic heterocycles. The Morgan fingerprint density at radius 2 is 1.83 bits per heavy atom. The molecular weight excluding hydrogens is 248 g/mol. The molecule has 0 saturated carbocycles. The van der Waals surface area contributed by atoms with E-state index in [0.717, 1.165) is 6.07 Å². The van der Waals surface area contributed by atoms with E-state index < -0.39 is 17.9 Å². The van der Waals surface area contributed by atoms with E-state index in [2.05, 4.69) is 4.74 Å². The van der Waals surface area contributed by atoms with Crippen LogP contribution in [0.15, 0.2) is 30.3 Å². The zero-order valence-electron chi connectivity index (χ0n) is 9.51. The van der Waals surface area contributed by atoms with Crippen molar-refractivity contribution >= 4 is 10.8 Å². The van der Waals surface area contributed by atoms with Crippen molar-refractivity contribution in [3.8, 4) is 5.75 Å². The number of ether oxygens (including phenoxy) is 1. The maximum atomic E-state index is 13.5. The lowest BCUT2D eigenvalue weighted by atomic mass is 10.0. The Balaban J connectivity index is 2.72. The first kappa shape index (κ1) is 12.7. The average molecular weight is 258 g/mol. The van der Waals surface area contributed by atoms with Crippen LogP contribution in [0.3, 0.4) is 0 Å². The third kappa shape index (κ3) is 2.39. The fourth-order valence-electron chi connectivity index (χ4n) is 1.90. The molecule has 0 spiro atoms. The summed E-state index contributed by atoms with van der Waals surface area (Å²) in [4.78, 5) is 0. The Labute approximate surface area is 101 Å². The summed E-state index contributed by atoms with van der Waals surface area (Å²) in [6.07, 6.45) is -4.41. The number of halogens is 4. The Hall–Kier alpha value is -1.78. The maximum Gasteiger partial charge on any atom is 0.573 e. The van der Waals surface area contributed by atoms with Crippen molar-refractivity contribution in [3.05, 3.63) is 41.7 Å². The van der Waals surface area contributed by atoms with Gasteiger partial charge in [0.05, 0.1) is 0 Å². The quantitative estimate of drug-likeness (QED) is 0.723. The molecule has 0 fully saturated rings. The number of aryl methyl sites for hydroxylation is 1. The zero-order valence-corrected chi connectivity index (χ0v) is 9.51. The van der Waals surface area contributed by atoms with Crippen molar-refractivity contribution in [3.63, 3.8) is 0 Å². The second kappa shape index (κ2) is 4.48. The molecule has 0 radical (unpaired) electrons. The van der Waals surface area contributed by atoms with E-state index in [1.807, 2.05) is 0 Å². The minimum atomic E-state index is -4.91. The highest BCUT2D eigenvalue weighted by Crippen LogP contribution is 2.35. The van der Waals surface area contributed by atoms with Crippen LogP contribution in [0.2, 0.25) is 0 Å². The molecule has 0 unspecified atom stereocenters. The maximum absolute atomic E-state index is 13.5. The molecule has 0 saturated heterocycles. The molecule has 18 heavy (non-hydrogen) atoms. The van der Waals surface area contributed by atoms with Crippen molar-refractivity contribution < 1.29 is 22.3 Å². The van der Waals surface area contributed by atoms with Gasteiger partial charge in [-0.25, -0.2) is 4.39 Å². The fraction of sp³-hybridized carbons (Fsp3) is 0.231. The fourth-order valence-corrected chi connectivity index (χ4v) is 1.90. The summed E-state index contributed by atoms with van der Waals surface area (Å²) >= 11 is 0. The van der Waals surface area contributed by atoms with Gasteiger partial charge in [-0.3, -0.25) is 0 Å². The SMILES string of the molecule is CCc1cccc2ccc(F)c(OC(F)(F)F)c12. The molecule has 1 nitrogen and oxygen atoms in total. The van der Waals surface area contributed by atoms with Gasteiger partial charge in [0.25, 0.3) is 0 Å². The highest BCUT2D eigenvalue weighted by molar-refractivity contribution is 5.91. The number of alkyl halides is 3. The van der Waals surface area contributed by atoms with E-state index in [1.165, 1.54) is 6.07 Å². The topological polar surface area (TPSA) is 9.23 Å². The van der Waals surface area contributed by atoms with Crippen molar-refractivity contribution in [2.24, 2.45) is 0 Å². The normalized spacial score (nSPS) is 11.8.